The molecular formula is C15H19FN2O2S. The van der Waals surface area contributed by atoms with Crippen molar-refractivity contribution in [1.82, 2.24) is 10.3 Å². The highest BCUT2D eigenvalue weighted by Gasteiger charge is 2.11. The van der Waals surface area contributed by atoms with E-state index in [1.54, 1.807) is 11.3 Å². The smallest absolute Gasteiger partial charge is 0.123 e. The van der Waals surface area contributed by atoms with E-state index < -0.39 is 6.10 Å². The van der Waals surface area contributed by atoms with E-state index in [-0.39, 0.29) is 18.5 Å². The van der Waals surface area contributed by atoms with Crippen LogP contribution in [0.15, 0.2) is 30.5 Å². The van der Waals surface area contributed by atoms with Gasteiger partial charge in [-0.1, -0.05) is 0 Å². The van der Waals surface area contributed by atoms with E-state index in [4.69, 9.17) is 4.74 Å². The number of halogens is 1. The van der Waals surface area contributed by atoms with Crippen molar-refractivity contribution in [2.75, 3.05) is 13.2 Å². The molecule has 6 heteroatoms. The summed E-state index contributed by atoms with van der Waals surface area (Å²) in [6.45, 7) is 4.57. The lowest BCUT2D eigenvalue weighted by atomic mass is 10.2. The van der Waals surface area contributed by atoms with Gasteiger partial charge < -0.3 is 15.2 Å². The van der Waals surface area contributed by atoms with Crippen LogP contribution >= 0.6 is 11.3 Å². The van der Waals surface area contributed by atoms with Crippen LogP contribution in [0.4, 0.5) is 4.39 Å². The Morgan fingerprint density at radius 1 is 1.38 bits per heavy atom. The lowest BCUT2D eigenvalue weighted by Crippen LogP contribution is -2.32. The minimum atomic E-state index is -0.633. The van der Waals surface area contributed by atoms with Crippen molar-refractivity contribution >= 4 is 11.3 Å². The second kappa shape index (κ2) is 7.49. The largest absolute Gasteiger partial charge is 0.491 e. The number of thiazole rings is 1. The van der Waals surface area contributed by atoms with Crippen molar-refractivity contribution in [3.05, 3.63) is 46.2 Å². The Morgan fingerprint density at radius 2 is 2.10 bits per heavy atom. The van der Waals surface area contributed by atoms with Crippen molar-refractivity contribution < 1.29 is 14.2 Å². The van der Waals surface area contributed by atoms with Crippen molar-refractivity contribution in [3.8, 4) is 5.75 Å². The Kier molecular flexibility index (Phi) is 5.67. The van der Waals surface area contributed by atoms with Crippen molar-refractivity contribution in [2.24, 2.45) is 0 Å². The average Bonchev–Trinajstić information content (AvgIpc) is 2.91. The maximum atomic E-state index is 12.7. The second-order valence-corrected chi connectivity index (χ2v) is 6.10. The van der Waals surface area contributed by atoms with Gasteiger partial charge in [-0.2, -0.15) is 0 Å². The molecule has 0 fully saturated rings. The number of ether oxygens (including phenoxy) is 1. The maximum Gasteiger partial charge on any atom is 0.123 e. The summed E-state index contributed by atoms with van der Waals surface area (Å²) in [6.07, 6.45) is 1.21. The van der Waals surface area contributed by atoms with Crippen LogP contribution < -0.4 is 10.1 Å². The summed E-state index contributed by atoms with van der Waals surface area (Å²) >= 11 is 1.64. The second-order valence-electron chi connectivity index (χ2n) is 4.83. The number of hydrogen-bond donors (Lipinski definition) is 2. The topological polar surface area (TPSA) is 54.4 Å². The number of rotatable bonds is 7. The molecule has 0 saturated carbocycles. The molecule has 1 aromatic carbocycles. The SMILES string of the molecule is Cc1ncc(C(C)NCC(O)COc2ccc(F)cc2)s1. The molecule has 2 aromatic rings. The third-order valence-electron chi connectivity index (χ3n) is 2.98. The lowest BCUT2D eigenvalue weighted by molar-refractivity contribution is 0.104. The number of aryl methyl sites for hydroxylation is 1. The number of aromatic nitrogens is 1. The van der Waals surface area contributed by atoms with E-state index in [2.05, 4.69) is 10.3 Å². The summed E-state index contributed by atoms with van der Waals surface area (Å²) in [7, 11) is 0. The molecule has 0 bridgehead atoms. The summed E-state index contributed by atoms with van der Waals surface area (Å²) in [6, 6.07) is 5.87. The number of hydrogen-bond acceptors (Lipinski definition) is 5. The summed E-state index contributed by atoms with van der Waals surface area (Å²) < 4.78 is 18.1. The van der Waals surface area contributed by atoms with Crippen LogP contribution in [0.2, 0.25) is 0 Å². The molecule has 0 saturated heterocycles. The van der Waals surface area contributed by atoms with Crippen molar-refractivity contribution in [1.29, 1.82) is 0 Å². The normalized spacial score (nSPS) is 13.9. The first-order valence-electron chi connectivity index (χ1n) is 6.76. The average molecular weight is 310 g/mol. The molecule has 1 aromatic heterocycles. The number of aliphatic hydroxyl groups is 1. The molecule has 1 heterocycles. The predicted octanol–water partition coefficient (Wildman–Crippen LogP) is 2.68. The quantitative estimate of drug-likeness (QED) is 0.825. The van der Waals surface area contributed by atoms with Gasteiger partial charge in [0.15, 0.2) is 0 Å². The first-order valence-corrected chi connectivity index (χ1v) is 7.58. The molecule has 21 heavy (non-hydrogen) atoms. The highest BCUT2D eigenvalue weighted by Crippen LogP contribution is 2.19. The molecular weight excluding hydrogens is 291 g/mol. The monoisotopic (exact) mass is 310 g/mol. The van der Waals surface area contributed by atoms with Crippen LogP contribution in [-0.2, 0) is 0 Å². The van der Waals surface area contributed by atoms with Crippen LogP contribution in [0.1, 0.15) is 22.9 Å². The Morgan fingerprint density at radius 3 is 2.71 bits per heavy atom. The molecule has 0 amide bonds. The molecule has 2 N–H and O–H groups in total. The minimum Gasteiger partial charge on any atom is -0.491 e. The predicted molar refractivity (Wildman–Crippen MR) is 81.2 cm³/mol. The summed E-state index contributed by atoms with van der Waals surface area (Å²) in [5.74, 6) is 0.236. The Hall–Kier alpha value is -1.50. The summed E-state index contributed by atoms with van der Waals surface area (Å²) in [5.41, 5.74) is 0. The first-order chi connectivity index (χ1) is 10.0. The lowest BCUT2D eigenvalue weighted by Gasteiger charge is -2.16. The van der Waals surface area contributed by atoms with E-state index in [0.717, 1.165) is 9.88 Å². The van der Waals surface area contributed by atoms with E-state index in [1.165, 1.54) is 24.3 Å². The summed E-state index contributed by atoms with van der Waals surface area (Å²) in [5, 5.41) is 14.2. The fraction of sp³-hybridized carbons (Fsp3) is 0.400. The van der Waals surface area contributed by atoms with Gasteiger partial charge in [-0.25, -0.2) is 9.37 Å². The van der Waals surface area contributed by atoms with Gasteiger partial charge in [-0.15, -0.1) is 11.3 Å². The van der Waals surface area contributed by atoms with Gasteiger partial charge in [-0.3, -0.25) is 0 Å². The molecule has 2 atom stereocenters. The molecule has 2 unspecified atom stereocenters. The van der Waals surface area contributed by atoms with E-state index in [1.807, 2.05) is 20.0 Å². The van der Waals surface area contributed by atoms with Crippen LogP contribution in [0, 0.1) is 12.7 Å². The summed E-state index contributed by atoms with van der Waals surface area (Å²) in [4.78, 5) is 5.35. The fourth-order valence-corrected chi connectivity index (χ4v) is 2.59. The molecule has 0 aliphatic carbocycles. The third kappa shape index (κ3) is 5.08. The van der Waals surface area contributed by atoms with Crippen LogP contribution in [-0.4, -0.2) is 29.3 Å². The molecule has 0 radical (unpaired) electrons. The zero-order valence-corrected chi connectivity index (χ0v) is 12.9. The molecule has 0 spiro atoms. The van der Waals surface area contributed by atoms with Gasteiger partial charge in [0.05, 0.1) is 5.01 Å². The van der Waals surface area contributed by atoms with Crippen molar-refractivity contribution in [3.63, 3.8) is 0 Å². The molecule has 114 valence electrons. The van der Waals surface area contributed by atoms with Gasteiger partial charge in [-0.05, 0) is 38.1 Å². The maximum absolute atomic E-state index is 12.7. The van der Waals surface area contributed by atoms with Gasteiger partial charge in [0.1, 0.15) is 24.3 Å². The van der Waals surface area contributed by atoms with Crippen LogP contribution in [0.25, 0.3) is 0 Å². The molecule has 4 nitrogen and oxygen atoms in total. The third-order valence-corrected chi connectivity index (χ3v) is 4.08. The van der Waals surface area contributed by atoms with Gasteiger partial charge in [0.25, 0.3) is 0 Å². The Labute approximate surface area is 127 Å². The number of aliphatic hydroxyl groups excluding tert-OH is 1. The zero-order chi connectivity index (χ0) is 15.2. The van der Waals surface area contributed by atoms with Crippen LogP contribution in [0.3, 0.4) is 0 Å². The van der Waals surface area contributed by atoms with Gasteiger partial charge in [0, 0.05) is 23.7 Å². The van der Waals surface area contributed by atoms with E-state index in [0.29, 0.717) is 12.3 Å². The van der Waals surface area contributed by atoms with E-state index >= 15 is 0 Å². The Bertz CT molecular complexity index is 559. The zero-order valence-electron chi connectivity index (χ0n) is 12.0. The highest BCUT2D eigenvalue weighted by molar-refractivity contribution is 7.11. The van der Waals surface area contributed by atoms with Crippen LogP contribution in [0.5, 0.6) is 5.75 Å². The van der Waals surface area contributed by atoms with Crippen molar-refractivity contribution in [2.45, 2.75) is 26.0 Å². The number of nitrogens with zero attached hydrogens (tertiary/aromatic N) is 1. The first kappa shape index (κ1) is 15.9. The Balaban J connectivity index is 1.72. The minimum absolute atomic E-state index is 0.136. The molecule has 2 rings (SSSR count). The van der Waals surface area contributed by atoms with E-state index in [9.17, 15) is 9.50 Å². The van der Waals surface area contributed by atoms with Gasteiger partial charge in [0.2, 0.25) is 0 Å². The standard InChI is InChI=1S/C15H19FN2O2S/c1-10(15-8-18-11(2)21-15)17-7-13(19)9-20-14-5-3-12(16)4-6-14/h3-6,8,10,13,17,19H,7,9H2,1-2H3. The fourth-order valence-electron chi connectivity index (χ4n) is 1.77. The highest BCUT2D eigenvalue weighted by atomic mass is 32.1. The number of nitrogens with one attached hydrogen (secondary N) is 1. The van der Waals surface area contributed by atoms with Gasteiger partial charge >= 0.3 is 0 Å². The molecule has 0 aliphatic rings. The molecule has 0 aliphatic heterocycles. The number of benzene rings is 1.